The van der Waals surface area contributed by atoms with Crippen molar-refractivity contribution >= 4 is 23.7 Å². The molecule has 0 aromatic carbocycles. The summed E-state index contributed by atoms with van der Waals surface area (Å²) in [5.41, 5.74) is -0.259. The second kappa shape index (κ2) is 6.33. The molecule has 1 atom stereocenters. The quantitative estimate of drug-likeness (QED) is 0.691. The van der Waals surface area contributed by atoms with Crippen molar-refractivity contribution in [1.29, 1.82) is 0 Å². The molecule has 3 amide bonds. The van der Waals surface area contributed by atoms with Crippen LogP contribution in [0, 0.1) is 0 Å². The zero-order valence-electron chi connectivity index (χ0n) is 12.2. The SMILES string of the molecule is CC(C)NC(=O)NC(=O)[C@@H](C)Sc1n[nH]c(=O)n1C1CC1. The van der Waals surface area contributed by atoms with Crippen molar-refractivity contribution in [3.05, 3.63) is 10.5 Å². The van der Waals surface area contributed by atoms with Gasteiger partial charge in [-0.15, -0.1) is 5.10 Å². The molecule has 1 heterocycles. The molecule has 8 nitrogen and oxygen atoms in total. The van der Waals surface area contributed by atoms with Crippen LogP contribution >= 0.6 is 11.8 Å². The number of hydrogen-bond acceptors (Lipinski definition) is 5. The number of imide groups is 1. The molecule has 0 radical (unpaired) electrons. The number of hydrogen-bond donors (Lipinski definition) is 3. The average Bonchev–Trinajstić information content (AvgIpc) is 3.13. The van der Waals surface area contributed by atoms with Gasteiger partial charge in [0.2, 0.25) is 5.91 Å². The lowest BCUT2D eigenvalue weighted by Gasteiger charge is -2.13. The Balaban J connectivity index is 1.95. The lowest BCUT2D eigenvalue weighted by atomic mass is 10.4. The van der Waals surface area contributed by atoms with Gasteiger partial charge in [0.15, 0.2) is 5.16 Å². The van der Waals surface area contributed by atoms with E-state index in [0.29, 0.717) is 5.16 Å². The molecule has 1 aromatic heterocycles. The Bertz CT molecular complexity index is 590. The fourth-order valence-corrected chi connectivity index (χ4v) is 2.68. The molecule has 0 unspecified atom stereocenters. The predicted molar refractivity (Wildman–Crippen MR) is 78.2 cm³/mol. The van der Waals surface area contributed by atoms with Gasteiger partial charge in [-0.05, 0) is 33.6 Å². The molecule has 1 fully saturated rings. The predicted octanol–water partition coefficient (Wildman–Crippen LogP) is 0.621. The highest BCUT2D eigenvalue weighted by atomic mass is 32.2. The Morgan fingerprint density at radius 3 is 2.62 bits per heavy atom. The smallest absolute Gasteiger partial charge is 0.336 e. The topological polar surface area (TPSA) is 109 Å². The van der Waals surface area contributed by atoms with E-state index in [-0.39, 0.29) is 17.8 Å². The van der Waals surface area contributed by atoms with Crippen molar-refractivity contribution in [2.45, 2.75) is 56.1 Å². The van der Waals surface area contributed by atoms with Crippen molar-refractivity contribution < 1.29 is 9.59 Å². The van der Waals surface area contributed by atoms with E-state index in [1.165, 1.54) is 0 Å². The molecule has 0 aliphatic heterocycles. The number of nitrogens with one attached hydrogen (secondary N) is 3. The number of aromatic amines is 1. The molecule has 3 N–H and O–H groups in total. The van der Waals surface area contributed by atoms with Crippen LogP contribution in [-0.4, -0.2) is 38.0 Å². The van der Waals surface area contributed by atoms with Crippen molar-refractivity contribution in [3.8, 4) is 0 Å². The molecule has 1 aliphatic carbocycles. The van der Waals surface area contributed by atoms with Crippen molar-refractivity contribution in [1.82, 2.24) is 25.4 Å². The fraction of sp³-hybridized carbons (Fsp3) is 0.667. The number of rotatable bonds is 5. The van der Waals surface area contributed by atoms with E-state index in [4.69, 9.17) is 0 Å². The molecule has 0 bridgehead atoms. The van der Waals surface area contributed by atoms with Gasteiger partial charge in [0, 0.05) is 12.1 Å². The van der Waals surface area contributed by atoms with E-state index in [0.717, 1.165) is 24.6 Å². The number of carbonyl (C=O) groups excluding carboxylic acids is 2. The lowest BCUT2D eigenvalue weighted by Crippen LogP contribution is -2.45. The Kier molecular flexibility index (Phi) is 4.71. The van der Waals surface area contributed by atoms with Crippen LogP contribution in [0.3, 0.4) is 0 Å². The van der Waals surface area contributed by atoms with Crippen molar-refractivity contribution in [2.75, 3.05) is 0 Å². The van der Waals surface area contributed by atoms with Crippen LogP contribution in [-0.2, 0) is 4.79 Å². The zero-order chi connectivity index (χ0) is 15.6. The van der Waals surface area contributed by atoms with E-state index in [1.807, 2.05) is 0 Å². The normalized spacial score (nSPS) is 15.8. The molecule has 1 saturated carbocycles. The zero-order valence-corrected chi connectivity index (χ0v) is 13.0. The molecule has 1 aliphatic rings. The minimum absolute atomic E-state index is 0.0489. The first-order valence-corrected chi connectivity index (χ1v) is 7.71. The molecule has 2 rings (SSSR count). The molecule has 0 spiro atoms. The number of nitrogens with zero attached hydrogens (tertiary/aromatic N) is 2. The molecule has 116 valence electrons. The van der Waals surface area contributed by atoms with E-state index < -0.39 is 17.2 Å². The van der Waals surface area contributed by atoms with Crippen LogP contribution in [0.15, 0.2) is 9.95 Å². The fourth-order valence-electron chi connectivity index (χ4n) is 1.75. The van der Waals surface area contributed by atoms with Gasteiger partial charge in [0.1, 0.15) is 0 Å². The highest BCUT2D eigenvalue weighted by molar-refractivity contribution is 8.00. The third-order valence-electron chi connectivity index (χ3n) is 2.89. The Morgan fingerprint density at radius 2 is 2.05 bits per heavy atom. The van der Waals surface area contributed by atoms with Crippen LogP contribution in [0.5, 0.6) is 0 Å². The maximum atomic E-state index is 11.9. The Morgan fingerprint density at radius 1 is 1.38 bits per heavy atom. The van der Waals surface area contributed by atoms with Gasteiger partial charge in [-0.1, -0.05) is 11.8 Å². The van der Waals surface area contributed by atoms with Gasteiger partial charge in [0.25, 0.3) is 0 Å². The largest absolute Gasteiger partial charge is 0.344 e. The van der Waals surface area contributed by atoms with Gasteiger partial charge in [-0.25, -0.2) is 14.7 Å². The maximum Gasteiger partial charge on any atom is 0.344 e. The number of aromatic nitrogens is 3. The first-order valence-electron chi connectivity index (χ1n) is 6.83. The number of carbonyl (C=O) groups is 2. The molecular weight excluding hydrogens is 294 g/mol. The summed E-state index contributed by atoms with van der Waals surface area (Å²) in [6.07, 6.45) is 1.90. The summed E-state index contributed by atoms with van der Waals surface area (Å²) in [6.45, 7) is 5.28. The summed E-state index contributed by atoms with van der Waals surface area (Å²) in [4.78, 5) is 35.0. The molecule has 0 saturated heterocycles. The number of urea groups is 1. The lowest BCUT2D eigenvalue weighted by molar-refractivity contribution is -0.119. The summed E-state index contributed by atoms with van der Waals surface area (Å²) < 4.78 is 1.57. The first-order chi connectivity index (χ1) is 9.88. The summed E-state index contributed by atoms with van der Waals surface area (Å²) in [5.74, 6) is -0.420. The summed E-state index contributed by atoms with van der Waals surface area (Å²) in [7, 11) is 0. The van der Waals surface area contributed by atoms with Crippen LogP contribution in [0.2, 0.25) is 0 Å². The Labute approximate surface area is 126 Å². The standard InChI is InChI=1S/C12H19N5O3S/c1-6(2)13-10(19)14-9(18)7(3)21-12-16-15-11(20)17(12)8-4-5-8/h6-8H,4-5H2,1-3H3,(H,15,20)(H2,13,14,18,19)/t7-/m1/s1. The van der Waals surface area contributed by atoms with Crippen molar-refractivity contribution in [3.63, 3.8) is 0 Å². The van der Waals surface area contributed by atoms with E-state index >= 15 is 0 Å². The van der Waals surface area contributed by atoms with Crippen LogP contribution in [0.4, 0.5) is 4.79 Å². The van der Waals surface area contributed by atoms with E-state index in [2.05, 4.69) is 20.8 Å². The average molecular weight is 313 g/mol. The van der Waals surface area contributed by atoms with E-state index in [1.54, 1.807) is 25.3 Å². The minimum Gasteiger partial charge on any atom is -0.336 e. The van der Waals surface area contributed by atoms with Crippen LogP contribution < -0.4 is 16.3 Å². The second-order valence-corrected chi connectivity index (χ2v) is 6.60. The van der Waals surface area contributed by atoms with Gasteiger partial charge in [-0.3, -0.25) is 14.7 Å². The molecule has 9 heteroatoms. The number of thioether (sulfide) groups is 1. The first kappa shape index (κ1) is 15.6. The highest BCUT2D eigenvalue weighted by Gasteiger charge is 2.30. The molecule has 1 aromatic rings. The summed E-state index contributed by atoms with van der Waals surface area (Å²) >= 11 is 1.16. The van der Waals surface area contributed by atoms with Crippen LogP contribution in [0.1, 0.15) is 39.7 Å². The third kappa shape index (κ3) is 4.10. The second-order valence-electron chi connectivity index (χ2n) is 5.29. The number of amides is 3. The summed E-state index contributed by atoms with van der Waals surface area (Å²) in [5, 5.41) is 11.1. The minimum atomic E-state index is -0.532. The van der Waals surface area contributed by atoms with E-state index in [9.17, 15) is 14.4 Å². The maximum absolute atomic E-state index is 11.9. The summed E-state index contributed by atoms with van der Waals surface area (Å²) in [6, 6.07) is -0.394. The monoisotopic (exact) mass is 313 g/mol. The van der Waals surface area contributed by atoms with Gasteiger partial charge in [-0.2, -0.15) is 0 Å². The molecular formula is C12H19N5O3S. The number of H-pyrrole nitrogens is 1. The van der Waals surface area contributed by atoms with Gasteiger partial charge < -0.3 is 5.32 Å². The van der Waals surface area contributed by atoms with Crippen LogP contribution in [0.25, 0.3) is 0 Å². The van der Waals surface area contributed by atoms with Gasteiger partial charge >= 0.3 is 11.7 Å². The molecule has 21 heavy (non-hydrogen) atoms. The third-order valence-corrected chi connectivity index (χ3v) is 3.96. The highest BCUT2D eigenvalue weighted by Crippen LogP contribution is 2.36. The van der Waals surface area contributed by atoms with Gasteiger partial charge in [0.05, 0.1) is 5.25 Å². The van der Waals surface area contributed by atoms with Crippen molar-refractivity contribution in [2.24, 2.45) is 0 Å². The Hall–Kier alpha value is -1.77.